The molecule has 0 saturated carbocycles. The van der Waals surface area contributed by atoms with Crippen LogP contribution in [0.4, 0.5) is 5.69 Å². The van der Waals surface area contributed by atoms with Crippen molar-refractivity contribution >= 4 is 23.0 Å². The monoisotopic (exact) mass is 274 g/mol. The Morgan fingerprint density at radius 1 is 1.21 bits per heavy atom. The summed E-state index contributed by atoms with van der Waals surface area (Å²) in [5.74, 6) is 0.215. The lowest BCUT2D eigenvalue weighted by Crippen LogP contribution is -2.00. The van der Waals surface area contributed by atoms with E-state index in [1.54, 1.807) is 12.1 Å². The third-order valence-electron chi connectivity index (χ3n) is 2.82. The van der Waals surface area contributed by atoms with Gasteiger partial charge in [-0.25, -0.2) is 0 Å². The molecule has 0 aliphatic heterocycles. The maximum absolute atomic E-state index is 9.73. The average molecular weight is 275 g/mol. The van der Waals surface area contributed by atoms with Crippen LogP contribution in [-0.2, 0) is 0 Å². The van der Waals surface area contributed by atoms with Gasteiger partial charge in [-0.15, -0.1) is 0 Å². The summed E-state index contributed by atoms with van der Waals surface area (Å²) in [4.78, 5) is 0. The first-order valence-electron chi connectivity index (χ1n) is 5.93. The van der Waals surface area contributed by atoms with Gasteiger partial charge < -0.3 is 5.11 Å². The molecule has 0 saturated heterocycles. The number of phenols is 1. The van der Waals surface area contributed by atoms with Gasteiger partial charge >= 0.3 is 0 Å². The number of rotatable bonds is 3. The summed E-state index contributed by atoms with van der Waals surface area (Å²) in [5.41, 5.74) is 6.17. The lowest BCUT2D eigenvalue weighted by atomic mass is 10.1. The Hall–Kier alpha value is -2.00. The molecule has 0 aliphatic carbocycles. The number of hydrogen-bond donors (Lipinski definition) is 2. The van der Waals surface area contributed by atoms with Crippen LogP contribution in [0.1, 0.15) is 18.1 Å². The molecule has 2 aromatic carbocycles. The van der Waals surface area contributed by atoms with Gasteiger partial charge in [0.25, 0.3) is 0 Å². The van der Waals surface area contributed by atoms with E-state index in [4.69, 9.17) is 11.6 Å². The van der Waals surface area contributed by atoms with E-state index in [0.29, 0.717) is 16.3 Å². The highest BCUT2D eigenvalue weighted by Gasteiger charge is 2.03. The Kier molecular flexibility index (Phi) is 4.07. The van der Waals surface area contributed by atoms with Gasteiger partial charge in [0.2, 0.25) is 0 Å². The van der Waals surface area contributed by atoms with Crippen molar-refractivity contribution in [2.24, 2.45) is 5.10 Å². The van der Waals surface area contributed by atoms with Crippen molar-refractivity contribution in [3.63, 3.8) is 0 Å². The molecule has 0 unspecified atom stereocenters. The molecule has 0 bridgehead atoms. The summed E-state index contributed by atoms with van der Waals surface area (Å²) in [6.07, 6.45) is 0. The van der Waals surface area contributed by atoms with Crippen LogP contribution in [0.3, 0.4) is 0 Å². The molecule has 2 N–H and O–H groups in total. The molecule has 0 amide bonds. The molecule has 2 rings (SSSR count). The minimum absolute atomic E-state index is 0.215. The molecule has 4 heteroatoms. The van der Waals surface area contributed by atoms with Crippen molar-refractivity contribution in [3.8, 4) is 5.75 Å². The number of hydrazone groups is 1. The Morgan fingerprint density at radius 3 is 2.63 bits per heavy atom. The third kappa shape index (κ3) is 3.26. The summed E-state index contributed by atoms with van der Waals surface area (Å²) in [6.45, 7) is 3.78. The molecule has 0 atom stereocenters. The maximum Gasteiger partial charge on any atom is 0.124 e. The van der Waals surface area contributed by atoms with E-state index in [1.807, 2.05) is 44.2 Å². The van der Waals surface area contributed by atoms with Crippen molar-refractivity contribution < 1.29 is 5.11 Å². The number of nitrogens with zero attached hydrogens (tertiary/aromatic N) is 1. The van der Waals surface area contributed by atoms with Crippen molar-refractivity contribution in [2.75, 3.05) is 5.43 Å². The standard InChI is InChI=1S/C15H15ClN2O/c1-10-7-8-12(9-14(10)16)18-17-11(2)13-5-3-4-6-15(13)19/h3-9,18-19H,1-2H3. The smallest absolute Gasteiger partial charge is 0.124 e. The van der Waals surface area contributed by atoms with Crippen molar-refractivity contribution in [1.82, 2.24) is 0 Å². The molecule has 0 radical (unpaired) electrons. The quantitative estimate of drug-likeness (QED) is 0.651. The molecule has 3 nitrogen and oxygen atoms in total. The minimum atomic E-state index is 0.215. The van der Waals surface area contributed by atoms with Crippen molar-refractivity contribution in [3.05, 3.63) is 58.6 Å². The SMILES string of the molecule is CC(=NNc1ccc(C)c(Cl)c1)c1ccccc1O. The lowest BCUT2D eigenvalue weighted by molar-refractivity contribution is 0.474. The number of para-hydroxylation sites is 1. The highest BCUT2D eigenvalue weighted by molar-refractivity contribution is 6.31. The van der Waals surface area contributed by atoms with Crippen LogP contribution in [0, 0.1) is 6.92 Å². The van der Waals surface area contributed by atoms with E-state index < -0.39 is 0 Å². The summed E-state index contributed by atoms with van der Waals surface area (Å²) < 4.78 is 0. The fourth-order valence-corrected chi connectivity index (χ4v) is 1.83. The van der Waals surface area contributed by atoms with E-state index in [1.165, 1.54) is 0 Å². The maximum atomic E-state index is 9.73. The number of halogens is 1. The highest BCUT2D eigenvalue weighted by atomic mass is 35.5. The van der Waals surface area contributed by atoms with Crippen LogP contribution in [-0.4, -0.2) is 10.8 Å². The van der Waals surface area contributed by atoms with Crippen molar-refractivity contribution in [2.45, 2.75) is 13.8 Å². The molecular formula is C15H15ClN2O. The van der Waals surface area contributed by atoms with E-state index in [-0.39, 0.29) is 5.75 Å². The summed E-state index contributed by atoms with van der Waals surface area (Å²) in [7, 11) is 0. The number of aromatic hydroxyl groups is 1. The second kappa shape index (κ2) is 5.76. The topological polar surface area (TPSA) is 44.6 Å². The number of anilines is 1. The molecule has 0 heterocycles. The molecule has 0 spiro atoms. The average Bonchev–Trinajstić information content (AvgIpc) is 2.40. The van der Waals surface area contributed by atoms with Gasteiger partial charge in [-0.3, -0.25) is 5.43 Å². The Morgan fingerprint density at radius 2 is 1.95 bits per heavy atom. The first-order chi connectivity index (χ1) is 9.08. The zero-order valence-corrected chi connectivity index (χ0v) is 11.6. The van der Waals surface area contributed by atoms with Crippen LogP contribution < -0.4 is 5.43 Å². The normalized spacial score (nSPS) is 11.4. The number of phenolic OH excluding ortho intramolecular Hbond substituents is 1. The van der Waals surface area contributed by atoms with E-state index in [0.717, 1.165) is 11.3 Å². The molecule has 0 aliphatic rings. The summed E-state index contributed by atoms with van der Waals surface area (Å²) >= 11 is 6.04. The molecule has 0 fully saturated rings. The first-order valence-corrected chi connectivity index (χ1v) is 6.30. The Labute approximate surface area is 117 Å². The van der Waals surface area contributed by atoms with E-state index >= 15 is 0 Å². The lowest BCUT2D eigenvalue weighted by Gasteiger charge is -2.06. The number of benzene rings is 2. The highest BCUT2D eigenvalue weighted by Crippen LogP contribution is 2.21. The third-order valence-corrected chi connectivity index (χ3v) is 3.23. The van der Waals surface area contributed by atoms with Crippen molar-refractivity contribution in [1.29, 1.82) is 0 Å². The van der Waals surface area contributed by atoms with Gasteiger partial charge in [0, 0.05) is 10.6 Å². The van der Waals surface area contributed by atoms with Gasteiger partial charge in [0.15, 0.2) is 0 Å². The van der Waals surface area contributed by atoms with Gasteiger partial charge in [-0.2, -0.15) is 5.10 Å². The van der Waals surface area contributed by atoms with Crippen LogP contribution in [0.2, 0.25) is 5.02 Å². The predicted octanol–water partition coefficient (Wildman–Crippen LogP) is 4.19. The summed E-state index contributed by atoms with van der Waals surface area (Å²) in [5, 5.41) is 14.7. The molecule has 98 valence electrons. The second-order valence-corrected chi connectivity index (χ2v) is 4.70. The first kappa shape index (κ1) is 13.4. The van der Waals surface area contributed by atoms with Gasteiger partial charge in [0.05, 0.1) is 11.4 Å². The molecule has 19 heavy (non-hydrogen) atoms. The molecule has 2 aromatic rings. The molecular weight excluding hydrogens is 260 g/mol. The fraction of sp³-hybridized carbons (Fsp3) is 0.133. The molecule has 0 aromatic heterocycles. The largest absolute Gasteiger partial charge is 0.507 e. The number of hydrogen-bond acceptors (Lipinski definition) is 3. The van der Waals surface area contributed by atoms with Gasteiger partial charge in [0.1, 0.15) is 5.75 Å². The zero-order valence-electron chi connectivity index (χ0n) is 10.8. The zero-order chi connectivity index (χ0) is 13.8. The van der Waals surface area contributed by atoms with E-state index in [9.17, 15) is 5.11 Å². The van der Waals surface area contributed by atoms with Crippen LogP contribution in [0.5, 0.6) is 5.75 Å². The van der Waals surface area contributed by atoms with Crippen LogP contribution in [0.25, 0.3) is 0 Å². The van der Waals surface area contributed by atoms with Crippen LogP contribution >= 0.6 is 11.6 Å². The Balaban J connectivity index is 2.18. The van der Waals surface area contributed by atoms with Gasteiger partial charge in [-0.1, -0.05) is 29.8 Å². The van der Waals surface area contributed by atoms with Crippen LogP contribution in [0.15, 0.2) is 47.6 Å². The predicted molar refractivity (Wildman–Crippen MR) is 80.1 cm³/mol. The van der Waals surface area contributed by atoms with Gasteiger partial charge in [-0.05, 0) is 43.7 Å². The Bertz CT molecular complexity index is 623. The summed E-state index contributed by atoms with van der Waals surface area (Å²) in [6, 6.07) is 12.7. The minimum Gasteiger partial charge on any atom is -0.507 e. The van der Waals surface area contributed by atoms with E-state index in [2.05, 4.69) is 10.5 Å². The fourth-order valence-electron chi connectivity index (χ4n) is 1.65. The second-order valence-electron chi connectivity index (χ2n) is 4.29. The number of nitrogens with one attached hydrogen (secondary N) is 1. The number of aryl methyl sites for hydroxylation is 1.